The third-order valence-electron chi connectivity index (χ3n) is 5.09. The number of hydrogen-bond acceptors (Lipinski definition) is 4. The molecule has 7 heteroatoms. The Balaban J connectivity index is 1.40. The van der Waals surface area contributed by atoms with Crippen molar-refractivity contribution < 1.29 is 14.7 Å². The van der Waals surface area contributed by atoms with E-state index in [9.17, 15) is 14.7 Å². The van der Waals surface area contributed by atoms with Gasteiger partial charge in [-0.3, -0.25) is 14.6 Å². The van der Waals surface area contributed by atoms with Gasteiger partial charge in [-0.15, -0.1) is 0 Å². The lowest BCUT2D eigenvalue weighted by Gasteiger charge is -2.61. The number of aromatic nitrogens is 1. The lowest BCUT2D eigenvalue weighted by atomic mass is 9.50. The van der Waals surface area contributed by atoms with Crippen LogP contribution in [0, 0.1) is 5.92 Å². The predicted octanol–water partition coefficient (Wildman–Crippen LogP) is 2.90. The van der Waals surface area contributed by atoms with E-state index in [2.05, 4.69) is 15.6 Å². The Labute approximate surface area is 155 Å². The number of aromatic hydroxyl groups is 1. The zero-order chi connectivity index (χ0) is 18.3. The maximum Gasteiger partial charge on any atom is 0.270 e. The summed E-state index contributed by atoms with van der Waals surface area (Å²) >= 11 is 5.89. The zero-order valence-corrected chi connectivity index (χ0v) is 14.7. The van der Waals surface area contributed by atoms with Crippen LogP contribution in [-0.2, 0) is 11.2 Å². The van der Waals surface area contributed by atoms with E-state index in [1.54, 1.807) is 24.3 Å². The van der Waals surface area contributed by atoms with Gasteiger partial charge in [-0.2, -0.15) is 0 Å². The van der Waals surface area contributed by atoms with Crippen LogP contribution in [0.25, 0.3) is 0 Å². The Bertz CT molecular complexity index is 882. The average Bonchev–Trinajstić information content (AvgIpc) is 2.53. The number of carbonyl (C=O) groups excluding carboxylic acids is 2. The highest BCUT2D eigenvalue weighted by atomic mass is 35.5. The number of amides is 2. The summed E-state index contributed by atoms with van der Waals surface area (Å²) in [5.74, 6) is 0.251. The second kappa shape index (κ2) is 6.29. The summed E-state index contributed by atoms with van der Waals surface area (Å²) in [5, 5.41) is 16.0. The number of phenolic OH excluding ortho intramolecular Hbond substituents is 1. The highest BCUT2D eigenvalue weighted by Crippen LogP contribution is 2.56. The van der Waals surface area contributed by atoms with Gasteiger partial charge in [-0.25, -0.2) is 0 Å². The van der Waals surface area contributed by atoms with Crippen LogP contribution in [0.3, 0.4) is 0 Å². The molecule has 0 saturated heterocycles. The van der Waals surface area contributed by atoms with Gasteiger partial charge in [-0.1, -0.05) is 11.6 Å². The second-order valence-electron chi connectivity index (χ2n) is 7.14. The third kappa shape index (κ3) is 3.24. The molecular weight excluding hydrogens is 354 g/mol. The molecule has 26 heavy (non-hydrogen) atoms. The summed E-state index contributed by atoms with van der Waals surface area (Å²) in [5.41, 5.74) is 1.17. The molecule has 3 saturated carbocycles. The molecule has 5 rings (SSSR count). The van der Waals surface area contributed by atoms with Crippen molar-refractivity contribution >= 4 is 29.1 Å². The molecule has 1 heterocycles. The first-order valence-corrected chi connectivity index (χ1v) is 8.86. The molecule has 3 fully saturated rings. The molecular formula is C19H18ClN3O3. The Hall–Kier alpha value is -2.60. The first-order valence-electron chi connectivity index (χ1n) is 8.48. The van der Waals surface area contributed by atoms with Gasteiger partial charge in [0.25, 0.3) is 5.91 Å². The molecule has 0 spiro atoms. The maximum absolute atomic E-state index is 12.4. The number of carbonyl (C=O) groups is 2. The molecule has 0 aliphatic heterocycles. The quantitative estimate of drug-likeness (QED) is 0.753. The number of nitrogens with one attached hydrogen (secondary N) is 2. The molecule has 0 unspecified atom stereocenters. The van der Waals surface area contributed by atoms with E-state index in [0.717, 1.165) is 25.2 Å². The molecule has 134 valence electrons. The molecule has 3 aliphatic rings. The third-order valence-corrected chi connectivity index (χ3v) is 5.32. The Kier molecular flexibility index (Phi) is 4.07. The highest BCUT2D eigenvalue weighted by molar-refractivity contribution is 6.30. The van der Waals surface area contributed by atoms with E-state index >= 15 is 0 Å². The van der Waals surface area contributed by atoms with Crippen molar-refractivity contribution in [3.63, 3.8) is 0 Å². The fraction of sp³-hybridized carbons (Fsp3) is 0.316. The fourth-order valence-corrected chi connectivity index (χ4v) is 3.84. The van der Waals surface area contributed by atoms with E-state index in [1.165, 1.54) is 12.3 Å². The predicted molar refractivity (Wildman–Crippen MR) is 97.2 cm³/mol. The van der Waals surface area contributed by atoms with Crippen molar-refractivity contribution in [2.24, 2.45) is 5.92 Å². The van der Waals surface area contributed by atoms with Gasteiger partial charge >= 0.3 is 0 Å². The normalized spacial score (nSPS) is 22.7. The number of pyridine rings is 1. The van der Waals surface area contributed by atoms with Crippen molar-refractivity contribution in [1.29, 1.82) is 0 Å². The zero-order valence-electron chi connectivity index (χ0n) is 14.0. The number of nitrogens with zero attached hydrogens (tertiary/aromatic N) is 1. The summed E-state index contributed by atoms with van der Waals surface area (Å²) in [6.07, 6.45) is 4.62. The van der Waals surface area contributed by atoms with Crippen LogP contribution in [0.1, 0.15) is 35.3 Å². The van der Waals surface area contributed by atoms with E-state index in [4.69, 9.17) is 11.6 Å². The minimum atomic E-state index is -0.320. The Morgan fingerprint density at radius 3 is 2.69 bits per heavy atom. The van der Waals surface area contributed by atoms with Gasteiger partial charge in [0.1, 0.15) is 11.4 Å². The summed E-state index contributed by atoms with van der Waals surface area (Å²) in [6.45, 7) is 0. The van der Waals surface area contributed by atoms with Crippen molar-refractivity contribution in [2.45, 2.75) is 31.2 Å². The van der Waals surface area contributed by atoms with E-state index < -0.39 is 0 Å². The summed E-state index contributed by atoms with van der Waals surface area (Å²) in [6, 6.07) is 7.72. The first-order chi connectivity index (χ1) is 12.4. The second-order valence-corrected chi connectivity index (χ2v) is 7.58. The average molecular weight is 372 g/mol. The first kappa shape index (κ1) is 16.8. The van der Waals surface area contributed by atoms with E-state index in [1.807, 2.05) is 0 Å². The molecule has 0 radical (unpaired) electrons. The fourth-order valence-electron chi connectivity index (χ4n) is 3.64. The van der Waals surface area contributed by atoms with Gasteiger partial charge in [0.15, 0.2) is 0 Å². The highest BCUT2D eigenvalue weighted by Gasteiger charge is 2.57. The van der Waals surface area contributed by atoms with Gasteiger partial charge in [0, 0.05) is 28.0 Å². The van der Waals surface area contributed by atoms with E-state index in [0.29, 0.717) is 16.3 Å². The molecule has 0 atom stereocenters. The molecule has 1 aromatic heterocycles. The topological polar surface area (TPSA) is 91.3 Å². The number of phenols is 1. The minimum absolute atomic E-state index is 0.0119. The van der Waals surface area contributed by atoms with Gasteiger partial charge < -0.3 is 15.7 Å². The Morgan fingerprint density at radius 2 is 2.00 bits per heavy atom. The van der Waals surface area contributed by atoms with Crippen LogP contribution >= 0.6 is 11.6 Å². The smallest absolute Gasteiger partial charge is 0.270 e. The summed E-state index contributed by atoms with van der Waals surface area (Å²) < 4.78 is 0. The molecule has 3 N–H and O–H groups in total. The largest absolute Gasteiger partial charge is 0.508 e. The number of hydrogen-bond donors (Lipinski definition) is 3. The minimum Gasteiger partial charge on any atom is -0.508 e. The van der Waals surface area contributed by atoms with Crippen molar-refractivity contribution in [1.82, 2.24) is 10.3 Å². The lowest BCUT2D eigenvalue weighted by Crippen LogP contribution is -2.68. The monoisotopic (exact) mass is 371 g/mol. The van der Waals surface area contributed by atoms with Crippen LogP contribution in [0.5, 0.6) is 5.75 Å². The molecule has 1 aromatic carbocycles. The SMILES string of the molecule is O=C(Cc1cc(Cl)ccc1O)Nc1ccnc(C(=O)NC23CC(C2)C3)c1. The van der Waals surface area contributed by atoms with E-state index in [-0.39, 0.29) is 35.2 Å². The van der Waals surface area contributed by atoms with Crippen LogP contribution in [-0.4, -0.2) is 27.4 Å². The number of benzene rings is 1. The van der Waals surface area contributed by atoms with Crippen LogP contribution in [0.2, 0.25) is 5.02 Å². The number of halogens is 1. The van der Waals surface area contributed by atoms with Gasteiger partial charge in [0.05, 0.1) is 6.42 Å². The van der Waals surface area contributed by atoms with Crippen molar-refractivity contribution in [3.8, 4) is 5.75 Å². The molecule has 6 nitrogen and oxygen atoms in total. The Morgan fingerprint density at radius 1 is 1.23 bits per heavy atom. The molecule has 2 aromatic rings. The van der Waals surface area contributed by atoms with Crippen LogP contribution < -0.4 is 10.6 Å². The lowest BCUT2D eigenvalue weighted by molar-refractivity contribution is -0.115. The number of anilines is 1. The van der Waals surface area contributed by atoms with Crippen molar-refractivity contribution in [2.75, 3.05) is 5.32 Å². The molecule has 2 bridgehead atoms. The molecule has 3 aliphatic carbocycles. The van der Waals surface area contributed by atoms with Gasteiger partial charge in [-0.05, 0) is 55.5 Å². The van der Waals surface area contributed by atoms with Crippen LogP contribution in [0.15, 0.2) is 36.5 Å². The summed E-state index contributed by atoms with van der Waals surface area (Å²) in [4.78, 5) is 28.7. The molecule has 2 amide bonds. The van der Waals surface area contributed by atoms with Gasteiger partial charge in [0.2, 0.25) is 5.91 Å². The standard InChI is InChI=1S/C19H18ClN3O3/c20-13-1-2-16(24)12(5-13)6-17(25)22-14-3-4-21-15(7-14)18(26)23-19-8-11(9-19)10-19/h1-5,7,11,24H,6,8-10H2,(H,23,26)(H,21,22,25). The summed E-state index contributed by atoms with van der Waals surface area (Å²) in [7, 11) is 0. The van der Waals surface area contributed by atoms with Crippen molar-refractivity contribution in [3.05, 3.63) is 52.8 Å². The number of rotatable bonds is 5. The van der Waals surface area contributed by atoms with Crippen LogP contribution in [0.4, 0.5) is 5.69 Å². The maximum atomic E-state index is 12.4.